The maximum Gasteiger partial charge on any atom is 0.341 e. The molecule has 3 aromatic rings. The highest BCUT2D eigenvalue weighted by atomic mass is 32.2. The van der Waals surface area contributed by atoms with Gasteiger partial charge in [0.25, 0.3) is 15.9 Å². The highest BCUT2D eigenvalue weighted by Crippen LogP contribution is 2.23. The Hall–Kier alpha value is -3.79. The molecule has 1 aromatic heterocycles. The lowest BCUT2D eigenvalue weighted by Gasteiger charge is -2.18. The minimum absolute atomic E-state index is 0.0486. The van der Waals surface area contributed by atoms with Crippen molar-refractivity contribution in [2.75, 3.05) is 26.0 Å². The van der Waals surface area contributed by atoms with Crippen molar-refractivity contribution in [1.82, 2.24) is 4.90 Å². The molecule has 0 spiro atoms. The van der Waals surface area contributed by atoms with Crippen molar-refractivity contribution in [2.24, 2.45) is 0 Å². The maximum absolute atomic E-state index is 13.1. The van der Waals surface area contributed by atoms with Crippen LogP contribution in [0.3, 0.4) is 0 Å². The average Bonchev–Trinajstić information content (AvgIpc) is 3.18. The molecule has 0 aliphatic heterocycles. The summed E-state index contributed by atoms with van der Waals surface area (Å²) >= 11 is 0. The highest BCUT2D eigenvalue weighted by Gasteiger charge is 2.22. The molecular formula is C24H26N2O7S. The third-order valence-electron chi connectivity index (χ3n) is 5.21. The number of methoxy groups -OCH3 is 2. The Morgan fingerprint density at radius 1 is 1.00 bits per heavy atom. The number of benzene rings is 2. The van der Waals surface area contributed by atoms with Crippen molar-refractivity contribution < 1.29 is 31.9 Å². The third kappa shape index (κ3) is 5.40. The van der Waals surface area contributed by atoms with E-state index in [1.165, 1.54) is 37.3 Å². The topological polar surface area (TPSA) is 115 Å². The summed E-state index contributed by atoms with van der Waals surface area (Å²) in [4.78, 5) is 26.3. The van der Waals surface area contributed by atoms with Crippen LogP contribution in [0.2, 0.25) is 0 Å². The lowest BCUT2D eigenvalue weighted by atomic mass is 10.1. The summed E-state index contributed by atoms with van der Waals surface area (Å²) in [7, 11) is 0.422. The van der Waals surface area contributed by atoms with Crippen molar-refractivity contribution in [1.29, 1.82) is 0 Å². The molecule has 0 saturated carbocycles. The van der Waals surface area contributed by atoms with Gasteiger partial charge in [0, 0.05) is 18.3 Å². The SMILES string of the molecule is COC(=O)c1cc(CN(C)C(=O)c2cc(S(=O)(=O)Nc3ccc(OC)cc3)ccc2C)oc1C. The molecule has 10 heteroatoms. The van der Waals surface area contributed by atoms with Crippen LogP contribution < -0.4 is 9.46 Å². The van der Waals surface area contributed by atoms with Crippen LogP contribution in [0.4, 0.5) is 5.69 Å². The van der Waals surface area contributed by atoms with Crippen LogP contribution in [0.15, 0.2) is 57.8 Å². The summed E-state index contributed by atoms with van der Waals surface area (Å²) in [6.45, 7) is 3.43. The molecule has 0 bridgehead atoms. The van der Waals surface area contributed by atoms with Crippen molar-refractivity contribution >= 4 is 27.6 Å². The van der Waals surface area contributed by atoms with Crippen molar-refractivity contribution in [2.45, 2.75) is 25.3 Å². The van der Waals surface area contributed by atoms with Gasteiger partial charge in [0.05, 0.1) is 25.7 Å². The average molecular weight is 487 g/mol. The standard InChI is InChI=1S/C24H26N2O7S/c1-15-6-11-20(34(29,30)25-17-7-9-18(31-4)10-8-17)13-21(15)23(27)26(3)14-19-12-22(16(2)33-19)24(28)32-5/h6-13,25H,14H2,1-5H3. The Morgan fingerprint density at radius 2 is 1.68 bits per heavy atom. The van der Waals surface area contributed by atoms with Gasteiger partial charge < -0.3 is 18.8 Å². The molecule has 0 saturated heterocycles. The fraction of sp³-hybridized carbons (Fsp3) is 0.250. The zero-order chi connectivity index (χ0) is 25.0. The van der Waals surface area contributed by atoms with E-state index in [9.17, 15) is 18.0 Å². The minimum Gasteiger partial charge on any atom is -0.497 e. The molecule has 3 rings (SSSR count). The summed E-state index contributed by atoms with van der Waals surface area (Å²) < 4.78 is 43.7. The van der Waals surface area contributed by atoms with E-state index in [-0.39, 0.29) is 22.6 Å². The molecule has 0 radical (unpaired) electrons. The normalized spacial score (nSPS) is 11.1. The van der Waals surface area contributed by atoms with Crippen LogP contribution in [-0.4, -0.2) is 46.5 Å². The molecule has 0 unspecified atom stereocenters. The molecule has 0 aliphatic carbocycles. The van der Waals surface area contributed by atoms with Gasteiger partial charge in [-0.05, 0) is 61.9 Å². The number of anilines is 1. The van der Waals surface area contributed by atoms with E-state index in [1.807, 2.05) is 0 Å². The van der Waals surface area contributed by atoms with Crippen molar-refractivity contribution in [3.8, 4) is 5.75 Å². The fourth-order valence-electron chi connectivity index (χ4n) is 3.32. The summed E-state index contributed by atoms with van der Waals surface area (Å²) in [5.41, 5.74) is 1.50. The first-order chi connectivity index (χ1) is 16.1. The summed E-state index contributed by atoms with van der Waals surface area (Å²) in [5.74, 6) is 0.458. The maximum atomic E-state index is 13.1. The number of hydrogen-bond donors (Lipinski definition) is 1. The van der Waals surface area contributed by atoms with Gasteiger partial charge in [0.1, 0.15) is 22.8 Å². The fourth-order valence-corrected chi connectivity index (χ4v) is 4.40. The quantitative estimate of drug-likeness (QED) is 0.482. The predicted octanol–water partition coefficient (Wildman–Crippen LogP) is 3.76. The number of carbonyl (C=O) groups is 2. The zero-order valence-electron chi connectivity index (χ0n) is 19.5. The Kier molecular flexibility index (Phi) is 7.31. The molecule has 0 fully saturated rings. The van der Waals surface area contributed by atoms with Gasteiger partial charge in [-0.2, -0.15) is 0 Å². The number of esters is 1. The van der Waals surface area contributed by atoms with Gasteiger partial charge >= 0.3 is 5.97 Å². The van der Waals surface area contributed by atoms with Crippen LogP contribution in [-0.2, 0) is 21.3 Å². The molecule has 9 nitrogen and oxygen atoms in total. The number of furan rings is 1. The number of amides is 1. The first-order valence-electron chi connectivity index (χ1n) is 10.3. The molecule has 180 valence electrons. The van der Waals surface area contributed by atoms with E-state index in [0.717, 1.165) is 0 Å². The molecule has 34 heavy (non-hydrogen) atoms. The number of aryl methyl sites for hydroxylation is 2. The minimum atomic E-state index is -3.94. The molecule has 1 heterocycles. The van der Waals surface area contributed by atoms with Gasteiger partial charge in [-0.25, -0.2) is 13.2 Å². The van der Waals surface area contributed by atoms with Crippen LogP contribution in [0.1, 0.15) is 37.8 Å². The number of rotatable bonds is 8. The van der Waals surface area contributed by atoms with E-state index in [4.69, 9.17) is 13.9 Å². The molecule has 1 amide bonds. The Balaban J connectivity index is 1.81. The van der Waals surface area contributed by atoms with Crippen LogP contribution in [0, 0.1) is 13.8 Å². The van der Waals surface area contributed by atoms with Gasteiger partial charge in [-0.1, -0.05) is 6.07 Å². The Bertz CT molecular complexity index is 1310. The summed E-state index contributed by atoms with van der Waals surface area (Å²) in [5, 5.41) is 0. The van der Waals surface area contributed by atoms with Crippen LogP contribution in [0.5, 0.6) is 5.75 Å². The zero-order valence-corrected chi connectivity index (χ0v) is 20.4. The summed E-state index contributed by atoms with van der Waals surface area (Å²) in [6, 6.07) is 12.3. The number of sulfonamides is 1. The van der Waals surface area contributed by atoms with Gasteiger partial charge in [0.2, 0.25) is 0 Å². The second-order valence-electron chi connectivity index (χ2n) is 7.65. The highest BCUT2D eigenvalue weighted by molar-refractivity contribution is 7.92. The number of carbonyl (C=O) groups excluding carboxylic acids is 2. The van der Waals surface area contributed by atoms with Crippen LogP contribution >= 0.6 is 0 Å². The van der Waals surface area contributed by atoms with E-state index in [1.54, 1.807) is 51.2 Å². The third-order valence-corrected chi connectivity index (χ3v) is 6.58. The molecule has 1 N–H and O–H groups in total. The number of nitrogens with one attached hydrogen (secondary N) is 1. The van der Waals surface area contributed by atoms with Crippen molar-refractivity contribution in [3.63, 3.8) is 0 Å². The van der Waals surface area contributed by atoms with E-state index >= 15 is 0 Å². The van der Waals surface area contributed by atoms with E-state index in [0.29, 0.717) is 28.5 Å². The van der Waals surface area contributed by atoms with Gasteiger partial charge in [-0.3, -0.25) is 9.52 Å². The van der Waals surface area contributed by atoms with Crippen LogP contribution in [0.25, 0.3) is 0 Å². The predicted molar refractivity (Wildman–Crippen MR) is 126 cm³/mol. The van der Waals surface area contributed by atoms with Crippen molar-refractivity contribution in [3.05, 3.63) is 76.7 Å². The molecule has 2 aromatic carbocycles. The smallest absolute Gasteiger partial charge is 0.341 e. The number of nitrogens with zero attached hydrogens (tertiary/aromatic N) is 1. The monoisotopic (exact) mass is 486 g/mol. The molecular weight excluding hydrogens is 460 g/mol. The largest absolute Gasteiger partial charge is 0.497 e. The van der Waals surface area contributed by atoms with E-state index < -0.39 is 21.9 Å². The van der Waals surface area contributed by atoms with Gasteiger partial charge in [-0.15, -0.1) is 0 Å². The van der Waals surface area contributed by atoms with Gasteiger partial charge in [0.15, 0.2) is 0 Å². The lowest BCUT2D eigenvalue weighted by Crippen LogP contribution is -2.27. The summed E-state index contributed by atoms with van der Waals surface area (Å²) in [6.07, 6.45) is 0. The molecule has 0 atom stereocenters. The second kappa shape index (κ2) is 10.0. The van der Waals surface area contributed by atoms with E-state index in [2.05, 4.69) is 4.72 Å². The second-order valence-corrected chi connectivity index (χ2v) is 9.33. The Morgan fingerprint density at radius 3 is 2.29 bits per heavy atom. The molecule has 0 aliphatic rings. The number of ether oxygens (including phenoxy) is 2. The first-order valence-corrected chi connectivity index (χ1v) is 11.7. The Labute approximate surface area is 198 Å². The lowest BCUT2D eigenvalue weighted by molar-refractivity contribution is 0.0598. The first kappa shape index (κ1) is 24.8. The number of hydrogen-bond acceptors (Lipinski definition) is 7.